The van der Waals surface area contributed by atoms with Crippen LogP contribution < -0.4 is 0 Å². The number of nitrogens with zero attached hydrogens (tertiary/aromatic N) is 5. The molecule has 128 valence electrons. The van der Waals surface area contributed by atoms with Gasteiger partial charge in [0.05, 0.1) is 18.0 Å². The molecule has 0 bridgehead atoms. The summed E-state index contributed by atoms with van der Waals surface area (Å²) in [5, 5.41) is 7.88. The second kappa shape index (κ2) is 6.12. The number of carbonyl (C=O) groups is 1. The molecule has 1 aliphatic heterocycles. The molecule has 4 heterocycles. The van der Waals surface area contributed by atoms with Crippen LogP contribution >= 0.6 is 0 Å². The van der Waals surface area contributed by atoms with Crippen molar-refractivity contribution in [1.82, 2.24) is 25.2 Å². The molecule has 8 heteroatoms. The van der Waals surface area contributed by atoms with Crippen molar-refractivity contribution in [3.63, 3.8) is 0 Å². The predicted octanol–water partition coefficient (Wildman–Crippen LogP) is 1.90. The SMILES string of the molecule is Cc1noc(C)c1CC(=O)N1CC(c2nc(-c3cccnc3)no2)C1. The molecule has 0 aliphatic carbocycles. The number of hydrogen-bond acceptors (Lipinski definition) is 7. The minimum atomic E-state index is 0.0534. The standard InChI is InChI=1S/C17H17N5O3/c1-10-14(11(2)24-20-10)6-15(23)22-8-13(9-22)17-19-16(21-25-17)12-4-3-5-18-7-12/h3-5,7,13H,6,8-9H2,1-2H3. The van der Waals surface area contributed by atoms with Gasteiger partial charge in [0.1, 0.15) is 5.76 Å². The lowest BCUT2D eigenvalue weighted by Crippen LogP contribution is -2.49. The van der Waals surface area contributed by atoms with Gasteiger partial charge in [-0.25, -0.2) is 0 Å². The van der Waals surface area contributed by atoms with Gasteiger partial charge in [-0.05, 0) is 26.0 Å². The Labute approximate surface area is 143 Å². The molecule has 1 amide bonds. The van der Waals surface area contributed by atoms with Crippen LogP contribution in [0.5, 0.6) is 0 Å². The quantitative estimate of drug-likeness (QED) is 0.716. The molecule has 0 radical (unpaired) electrons. The molecule has 3 aromatic heterocycles. The zero-order valence-electron chi connectivity index (χ0n) is 14.0. The Morgan fingerprint density at radius 1 is 1.28 bits per heavy atom. The first kappa shape index (κ1) is 15.5. The second-order valence-corrected chi connectivity index (χ2v) is 6.17. The molecule has 1 aliphatic rings. The van der Waals surface area contributed by atoms with Crippen LogP contribution in [-0.2, 0) is 11.2 Å². The molecule has 0 unspecified atom stereocenters. The molecular formula is C17H17N5O3. The average Bonchev–Trinajstić information content (AvgIpc) is 3.17. The van der Waals surface area contributed by atoms with Gasteiger partial charge in [0.25, 0.3) is 0 Å². The van der Waals surface area contributed by atoms with E-state index in [0.717, 1.165) is 16.8 Å². The van der Waals surface area contributed by atoms with Gasteiger partial charge in [0, 0.05) is 36.6 Å². The van der Waals surface area contributed by atoms with E-state index in [0.29, 0.717) is 37.0 Å². The number of likely N-dealkylation sites (tertiary alicyclic amines) is 1. The van der Waals surface area contributed by atoms with Gasteiger partial charge >= 0.3 is 0 Å². The fraction of sp³-hybridized carbons (Fsp3) is 0.353. The molecule has 0 N–H and O–H groups in total. The van der Waals surface area contributed by atoms with Crippen LogP contribution in [0.25, 0.3) is 11.4 Å². The van der Waals surface area contributed by atoms with Gasteiger partial charge in [-0.15, -0.1) is 0 Å². The predicted molar refractivity (Wildman–Crippen MR) is 86.5 cm³/mol. The van der Waals surface area contributed by atoms with Crippen LogP contribution in [0.1, 0.15) is 28.8 Å². The zero-order chi connectivity index (χ0) is 17.4. The summed E-state index contributed by atoms with van der Waals surface area (Å²) in [6.07, 6.45) is 3.69. The Bertz CT molecular complexity index is 877. The van der Waals surface area contributed by atoms with Gasteiger partial charge in [0.15, 0.2) is 0 Å². The Morgan fingerprint density at radius 2 is 2.12 bits per heavy atom. The van der Waals surface area contributed by atoms with Crippen LogP contribution in [0.4, 0.5) is 0 Å². The van der Waals surface area contributed by atoms with Crippen molar-refractivity contribution in [1.29, 1.82) is 0 Å². The van der Waals surface area contributed by atoms with Gasteiger partial charge in [-0.3, -0.25) is 9.78 Å². The van der Waals surface area contributed by atoms with E-state index in [1.165, 1.54) is 0 Å². The monoisotopic (exact) mass is 339 g/mol. The second-order valence-electron chi connectivity index (χ2n) is 6.17. The van der Waals surface area contributed by atoms with E-state index in [1.54, 1.807) is 17.3 Å². The number of aryl methyl sites for hydroxylation is 2. The molecular weight excluding hydrogens is 322 g/mol. The summed E-state index contributed by atoms with van der Waals surface area (Å²) in [4.78, 5) is 22.6. The summed E-state index contributed by atoms with van der Waals surface area (Å²) >= 11 is 0. The Morgan fingerprint density at radius 3 is 2.80 bits per heavy atom. The van der Waals surface area contributed by atoms with Crippen molar-refractivity contribution in [2.24, 2.45) is 0 Å². The summed E-state index contributed by atoms with van der Waals surface area (Å²) in [6.45, 7) is 4.82. The maximum absolute atomic E-state index is 12.4. The maximum atomic E-state index is 12.4. The molecule has 8 nitrogen and oxygen atoms in total. The lowest BCUT2D eigenvalue weighted by molar-refractivity contribution is -0.135. The fourth-order valence-corrected chi connectivity index (χ4v) is 2.87. The van der Waals surface area contributed by atoms with E-state index in [-0.39, 0.29) is 11.8 Å². The highest BCUT2D eigenvalue weighted by atomic mass is 16.5. The number of amides is 1. The van der Waals surface area contributed by atoms with Crippen molar-refractivity contribution in [3.05, 3.63) is 47.4 Å². The molecule has 4 rings (SSSR count). The number of carbonyl (C=O) groups excluding carboxylic acids is 1. The van der Waals surface area contributed by atoms with Crippen molar-refractivity contribution in [2.45, 2.75) is 26.2 Å². The van der Waals surface area contributed by atoms with E-state index in [1.807, 2.05) is 26.0 Å². The van der Waals surface area contributed by atoms with Crippen molar-refractivity contribution in [2.75, 3.05) is 13.1 Å². The molecule has 1 saturated heterocycles. The molecule has 0 spiro atoms. The first-order chi connectivity index (χ1) is 12.1. The number of rotatable bonds is 4. The van der Waals surface area contributed by atoms with E-state index in [9.17, 15) is 4.79 Å². The smallest absolute Gasteiger partial charge is 0.233 e. The van der Waals surface area contributed by atoms with E-state index in [4.69, 9.17) is 9.05 Å². The van der Waals surface area contributed by atoms with Crippen LogP contribution in [0.15, 0.2) is 33.6 Å². The highest BCUT2D eigenvalue weighted by molar-refractivity contribution is 5.80. The molecule has 25 heavy (non-hydrogen) atoms. The van der Waals surface area contributed by atoms with Gasteiger partial charge in [-0.1, -0.05) is 10.3 Å². The molecule has 0 saturated carbocycles. The van der Waals surface area contributed by atoms with Crippen LogP contribution in [0.2, 0.25) is 0 Å². The number of aromatic nitrogens is 4. The number of hydrogen-bond donors (Lipinski definition) is 0. The van der Waals surface area contributed by atoms with Gasteiger partial charge < -0.3 is 13.9 Å². The third-order valence-corrected chi connectivity index (χ3v) is 4.45. The number of pyridine rings is 1. The average molecular weight is 339 g/mol. The van der Waals surface area contributed by atoms with Crippen LogP contribution in [-0.4, -0.2) is 44.2 Å². The normalized spacial score (nSPS) is 14.6. The molecule has 1 fully saturated rings. The Kier molecular flexibility index (Phi) is 3.79. The van der Waals surface area contributed by atoms with Crippen molar-refractivity contribution in [3.8, 4) is 11.4 Å². The van der Waals surface area contributed by atoms with E-state index in [2.05, 4.69) is 20.3 Å². The Balaban J connectivity index is 1.38. The van der Waals surface area contributed by atoms with Crippen LogP contribution in [0, 0.1) is 13.8 Å². The lowest BCUT2D eigenvalue weighted by Gasteiger charge is -2.37. The van der Waals surface area contributed by atoms with Crippen molar-refractivity contribution < 1.29 is 13.8 Å². The summed E-state index contributed by atoms with van der Waals surface area (Å²) in [5.74, 6) is 1.90. The van der Waals surface area contributed by atoms with E-state index < -0.39 is 0 Å². The summed E-state index contributed by atoms with van der Waals surface area (Å²) in [7, 11) is 0. The highest BCUT2D eigenvalue weighted by Gasteiger charge is 2.36. The first-order valence-corrected chi connectivity index (χ1v) is 8.05. The van der Waals surface area contributed by atoms with Crippen molar-refractivity contribution >= 4 is 5.91 Å². The summed E-state index contributed by atoms with van der Waals surface area (Å²) in [5.41, 5.74) is 2.44. The van der Waals surface area contributed by atoms with Gasteiger partial charge in [0.2, 0.25) is 17.6 Å². The third-order valence-electron chi connectivity index (χ3n) is 4.45. The fourth-order valence-electron chi connectivity index (χ4n) is 2.87. The highest BCUT2D eigenvalue weighted by Crippen LogP contribution is 2.28. The first-order valence-electron chi connectivity index (χ1n) is 8.05. The zero-order valence-corrected chi connectivity index (χ0v) is 14.0. The molecule has 3 aromatic rings. The summed E-state index contributed by atoms with van der Waals surface area (Å²) < 4.78 is 10.4. The van der Waals surface area contributed by atoms with Crippen LogP contribution in [0.3, 0.4) is 0 Å². The van der Waals surface area contributed by atoms with E-state index >= 15 is 0 Å². The minimum Gasteiger partial charge on any atom is -0.361 e. The largest absolute Gasteiger partial charge is 0.361 e. The third kappa shape index (κ3) is 2.90. The molecule has 0 atom stereocenters. The maximum Gasteiger partial charge on any atom is 0.233 e. The summed E-state index contributed by atoms with van der Waals surface area (Å²) in [6, 6.07) is 3.70. The van der Waals surface area contributed by atoms with Gasteiger partial charge in [-0.2, -0.15) is 4.98 Å². The minimum absolute atomic E-state index is 0.0534. The lowest BCUT2D eigenvalue weighted by atomic mass is 9.98. The Hall–Kier alpha value is -3.03. The molecule has 0 aromatic carbocycles. The topological polar surface area (TPSA) is 98.2 Å².